The molecule has 1 aromatic heterocycles. The van der Waals surface area contributed by atoms with Gasteiger partial charge in [0.1, 0.15) is 23.9 Å². The predicted octanol–water partition coefficient (Wildman–Crippen LogP) is 6.26. The summed E-state index contributed by atoms with van der Waals surface area (Å²) in [5.41, 5.74) is -4.53. The zero-order valence-electron chi connectivity index (χ0n) is 31.3. The quantitative estimate of drug-likeness (QED) is 0.0301. The number of hydrogen-bond acceptors (Lipinski definition) is 10. The maximum absolute atomic E-state index is 12.6. The van der Waals surface area contributed by atoms with Crippen molar-refractivity contribution in [2.75, 3.05) is 25.6 Å². The molecule has 0 amide bonds. The van der Waals surface area contributed by atoms with E-state index in [0.717, 1.165) is 5.75 Å². The van der Waals surface area contributed by atoms with Crippen molar-refractivity contribution >= 4 is 20.5 Å². The van der Waals surface area contributed by atoms with Crippen molar-refractivity contribution in [3.63, 3.8) is 0 Å². The topological polar surface area (TPSA) is 201 Å². The van der Waals surface area contributed by atoms with E-state index in [4.69, 9.17) is 24.4 Å². The molecule has 13 nitrogen and oxygen atoms in total. The van der Waals surface area contributed by atoms with Crippen LogP contribution in [-0.2, 0) is 24.7 Å². The molecule has 0 aliphatic carbocycles. The minimum atomic E-state index is -5.01. The normalized spacial score (nSPS) is 20.3. The number of thiol groups is 1. The van der Waals surface area contributed by atoms with E-state index in [0.29, 0.717) is 23.5 Å². The number of aromatic nitrogens is 2. The highest BCUT2D eigenvalue weighted by atomic mass is 32.1. The number of halogens is 3. The molecule has 1 saturated heterocycles. The van der Waals surface area contributed by atoms with Crippen LogP contribution in [0, 0.1) is 5.92 Å². The second-order valence-corrected chi connectivity index (χ2v) is 15.4. The Hall–Kier alpha value is -1.27. The Morgan fingerprint density at radius 1 is 0.887 bits per heavy atom. The highest BCUT2D eigenvalue weighted by Crippen LogP contribution is 2.35. The maximum Gasteiger partial charge on any atom is 0.469 e. The van der Waals surface area contributed by atoms with Gasteiger partial charge < -0.3 is 34.6 Å². The minimum absolute atomic E-state index is 0.0330. The molecule has 0 radical (unpaired) electrons. The largest absolute Gasteiger partial charge is 0.469 e. The monoisotopic (exact) mass is 808 g/mol. The van der Waals surface area contributed by atoms with Crippen molar-refractivity contribution in [3.8, 4) is 0 Å². The number of aromatic amines is 1. The van der Waals surface area contributed by atoms with Crippen LogP contribution in [0.15, 0.2) is 15.8 Å². The Morgan fingerprint density at radius 2 is 1.42 bits per heavy atom. The van der Waals surface area contributed by atoms with Crippen LogP contribution in [0.2, 0.25) is 0 Å². The third kappa shape index (κ3) is 21.0. The Kier molecular flexibility index (Phi) is 25.7. The van der Waals surface area contributed by atoms with Gasteiger partial charge in [-0.15, -0.1) is 0 Å². The van der Waals surface area contributed by atoms with Crippen molar-refractivity contribution in [2.45, 2.75) is 166 Å². The first-order valence-corrected chi connectivity index (χ1v) is 21.2. The summed E-state index contributed by atoms with van der Waals surface area (Å²) >= 11 is 4.29. The molecule has 2 unspecified atom stereocenters. The van der Waals surface area contributed by atoms with Crippen LogP contribution in [-0.4, -0.2) is 84.6 Å². The molecular formula is C35H64F3N2O11PS. The fourth-order valence-electron chi connectivity index (χ4n) is 6.19. The van der Waals surface area contributed by atoms with Crippen molar-refractivity contribution in [3.05, 3.63) is 32.6 Å². The summed E-state index contributed by atoms with van der Waals surface area (Å²) in [5, 5.41) is 28.1. The van der Waals surface area contributed by atoms with Gasteiger partial charge in [-0.3, -0.25) is 18.9 Å². The number of nitrogens with zero attached hydrogens (tertiary/aromatic N) is 1. The van der Waals surface area contributed by atoms with E-state index < -0.39 is 62.0 Å². The lowest BCUT2D eigenvalue weighted by Crippen LogP contribution is -2.40. The van der Waals surface area contributed by atoms with Crippen molar-refractivity contribution in [1.29, 1.82) is 0 Å². The Labute approximate surface area is 316 Å². The van der Waals surface area contributed by atoms with E-state index in [1.807, 2.05) is 0 Å². The summed E-state index contributed by atoms with van der Waals surface area (Å²) in [6, 6.07) is 0. The van der Waals surface area contributed by atoms with Gasteiger partial charge in [0.2, 0.25) is 0 Å². The van der Waals surface area contributed by atoms with Crippen LogP contribution < -0.4 is 11.2 Å². The van der Waals surface area contributed by atoms with Gasteiger partial charge in [-0.05, 0) is 44.3 Å². The van der Waals surface area contributed by atoms with Crippen molar-refractivity contribution in [2.24, 2.45) is 5.92 Å². The first-order chi connectivity index (χ1) is 25.1. The molecule has 18 heteroatoms. The third-order valence-corrected chi connectivity index (χ3v) is 10.2. The van der Waals surface area contributed by atoms with Gasteiger partial charge >= 0.3 is 19.7 Å². The van der Waals surface area contributed by atoms with Crippen LogP contribution >= 0.6 is 20.5 Å². The number of aliphatic hydroxyl groups excluding tert-OH is 3. The van der Waals surface area contributed by atoms with Gasteiger partial charge in [0.25, 0.3) is 5.56 Å². The molecule has 0 spiro atoms. The molecule has 1 aromatic rings. The van der Waals surface area contributed by atoms with Crippen LogP contribution in [0.1, 0.15) is 141 Å². The average Bonchev–Trinajstić information content (AvgIpc) is 3.37. The number of aliphatic hydroxyl groups is 3. The van der Waals surface area contributed by atoms with E-state index in [-0.39, 0.29) is 18.9 Å². The van der Waals surface area contributed by atoms with Gasteiger partial charge in [-0.1, -0.05) is 96.8 Å². The van der Waals surface area contributed by atoms with Gasteiger partial charge in [-0.25, -0.2) is 9.36 Å². The van der Waals surface area contributed by atoms with E-state index in [9.17, 15) is 37.5 Å². The lowest BCUT2D eigenvalue weighted by Gasteiger charge is -2.24. The zero-order chi connectivity index (χ0) is 39.9. The van der Waals surface area contributed by atoms with E-state index in [1.165, 1.54) is 114 Å². The first kappa shape index (κ1) is 49.7. The second-order valence-electron chi connectivity index (χ2n) is 13.7. The number of alkyl halides is 3. The Balaban J connectivity index is 0.000000573. The third-order valence-electron chi connectivity index (χ3n) is 9.32. The highest BCUT2D eigenvalue weighted by molar-refractivity contribution is 7.80. The Bertz CT molecular complexity index is 1270. The summed E-state index contributed by atoms with van der Waals surface area (Å²) in [5.74, 6) is 1.55. The molecule has 1 fully saturated rings. The van der Waals surface area contributed by atoms with E-state index >= 15 is 0 Å². The molecule has 1 aliphatic rings. The molecule has 1 aliphatic heterocycles. The molecule has 6 N–H and O–H groups in total. The highest BCUT2D eigenvalue weighted by Gasteiger charge is 2.45. The average molecular weight is 809 g/mol. The first-order valence-electron chi connectivity index (χ1n) is 19.0. The number of ether oxygens (including phenoxy) is 2. The van der Waals surface area contributed by atoms with Crippen LogP contribution in [0.3, 0.4) is 0 Å². The van der Waals surface area contributed by atoms with Crippen molar-refractivity contribution in [1.82, 2.24) is 9.55 Å². The molecule has 2 rings (SSSR count). The van der Waals surface area contributed by atoms with Crippen LogP contribution in [0.4, 0.5) is 13.2 Å². The molecule has 6 atom stereocenters. The summed E-state index contributed by atoms with van der Waals surface area (Å²) in [6.45, 7) is 4.23. The van der Waals surface area contributed by atoms with Gasteiger partial charge in [-0.2, -0.15) is 25.8 Å². The van der Waals surface area contributed by atoms with Crippen LogP contribution in [0.5, 0.6) is 0 Å². The number of rotatable bonds is 27. The zero-order valence-corrected chi connectivity index (χ0v) is 33.0. The number of nitrogens with one attached hydrogen (secondary N) is 1. The maximum atomic E-state index is 12.6. The second kappa shape index (κ2) is 27.3. The van der Waals surface area contributed by atoms with E-state index in [1.54, 1.807) is 0 Å². The summed E-state index contributed by atoms with van der Waals surface area (Å²) in [6.07, 6.45) is 11.9. The minimum Gasteiger partial charge on any atom is -0.394 e. The number of phosphoric acid groups is 1. The summed E-state index contributed by atoms with van der Waals surface area (Å²) in [4.78, 5) is 41.7. The molecule has 0 bridgehead atoms. The van der Waals surface area contributed by atoms with E-state index in [2.05, 4.69) is 31.0 Å². The number of hydrogen-bond donors (Lipinski definition) is 7. The van der Waals surface area contributed by atoms with Gasteiger partial charge in [0.05, 0.1) is 19.3 Å². The summed E-state index contributed by atoms with van der Waals surface area (Å²) in [7, 11) is -4.37. The van der Waals surface area contributed by atoms with Gasteiger partial charge in [0.15, 0.2) is 6.23 Å². The smallest absolute Gasteiger partial charge is 0.394 e. The Morgan fingerprint density at radius 3 is 1.89 bits per heavy atom. The van der Waals surface area contributed by atoms with Crippen LogP contribution in [0.25, 0.3) is 0 Å². The number of unbranched alkanes of at least 4 members (excludes halogenated alkanes) is 13. The molecule has 53 heavy (non-hydrogen) atoms. The fourth-order valence-corrected chi connectivity index (χ4v) is 6.78. The standard InChI is InChI=1S/C25H53O5PS.C10H11F3N2O6/c1-3-4-5-6-7-8-9-10-12-15-19-25(20-16-13-11-14-17-23-32)24(2)29-21-18-22-30-31(26,27)28;11-10(12,13)3-1-15(9(20)14-7(3)19)8-6(18)5(17)4(2-16)21-8/h24-25,32H,3-23H2,1-2H3,(H2,26,27,28);1,4-6,8,16-18H,2H2,(H,14,19,20)/t;4-,5-,6-,8-/m.1/s1. The predicted molar refractivity (Wildman–Crippen MR) is 199 cm³/mol. The number of H-pyrrole nitrogens is 1. The summed E-state index contributed by atoms with van der Waals surface area (Å²) < 4.78 is 64.4. The molecule has 2 heterocycles. The molecular weight excluding hydrogens is 744 g/mol. The fraction of sp³-hybridized carbons (Fsp3) is 0.886. The van der Waals surface area contributed by atoms with Gasteiger partial charge in [0, 0.05) is 12.8 Å². The molecule has 0 saturated carbocycles. The lowest BCUT2D eigenvalue weighted by molar-refractivity contribution is -0.140. The lowest BCUT2D eigenvalue weighted by atomic mass is 9.90. The molecule has 0 aromatic carbocycles. The number of phosphoric ester groups is 1. The van der Waals surface area contributed by atoms with Crippen molar-refractivity contribution < 1.29 is 56.8 Å². The molecule has 312 valence electrons. The SMILES string of the molecule is CCCCCCCCCCCCC(CCCCCCCS)C(C)OCCCOP(=O)(O)O.O=c1[nH]c(=O)n([C@@H]2O[C@H](CO)[C@@H](O)[C@H]2O)cc1C(F)(F)F.